The Morgan fingerprint density at radius 3 is 2.71 bits per heavy atom. The molecule has 0 bridgehead atoms. The molecule has 8 heteroatoms. The fourth-order valence-corrected chi connectivity index (χ4v) is 3.67. The molecule has 0 atom stereocenters. The van der Waals surface area contributed by atoms with E-state index in [9.17, 15) is 9.18 Å². The van der Waals surface area contributed by atoms with Gasteiger partial charge in [-0.25, -0.2) is 9.37 Å². The first-order valence-electron chi connectivity index (χ1n) is 8.91. The molecule has 6 nitrogen and oxygen atoms in total. The van der Waals surface area contributed by atoms with Crippen LogP contribution in [0.2, 0.25) is 0 Å². The number of para-hydroxylation sites is 1. The van der Waals surface area contributed by atoms with Gasteiger partial charge in [-0.1, -0.05) is 42.1 Å². The van der Waals surface area contributed by atoms with E-state index in [0.29, 0.717) is 11.7 Å². The molecule has 0 saturated heterocycles. The molecule has 0 aliphatic carbocycles. The van der Waals surface area contributed by atoms with Crippen LogP contribution in [0.25, 0.3) is 22.1 Å². The second-order valence-corrected chi connectivity index (χ2v) is 7.16. The first-order valence-corrected chi connectivity index (χ1v) is 9.90. The van der Waals surface area contributed by atoms with E-state index in [2.05, 4.69) is 32.0 Å². The summed E-state index contributed by atoms with van der Waals surface area (Å²) in [6.45, 7) is 3.18. The van der Waals surface area contributed by atoms with Crippen molar-refractivity contribution in [1.82, 2.24) is 25.1 Å². The van der Waals surface area contributed by atoms with Gasteiger partial charge in [0.2, 0.25) is 11.1 Å². The van der Waals surface area contributed by atoms with E-state index in [1.807, 2.05) is 24.3 Å². The minimum atomic E-state index is -0.296. The summed E-state index contributed by atoms with van der Waals surface area (Å²) in [6.07, 6.45) is 0. The van der Waals surface area contributed by atoms with E-state index in [1.165, 1.54) is 23.9 Å². The van der Waals surface area contributed by atoms with Crippen LogP contribution in [0.4, 0.5) is 4.39 Å². The van der Waals surface area contributed by atoms with Crippen molar-refractivity contribution in [2.45, 2.75) is 25.2 Å². The average molecular weight is 395 g/mol. The van der Waals surface area contributed by atoms with Gasteiger partial charge in [-0.2, -0.15) is 0 Å². The van der Waals surface area contributed by atoms with Crippen LogP contribution < -0.4 is 5.32 Å². The second kappa shape index (κ2) is 7.93. The van der Waals surface area contributed by atoms with Crippen LogP contribution in [0, 0.1) is 5.82 Å². The van der Waals surface area contributed by atoms with Crippen LogP contribution in [0.15, 0.2) is 53.7 Å². The molecule has 2 heterocycles. The number of fused-ring (bicyclic) bond motifs is 3. The quantitative estimate of drug-likeness (QED) is 0.506. The number of rotatable bonds is 6. The summed E-state index contributed by atoms with van der Waals surface area (Å²) in [4.78, 5) is 16.7. The van der Waals surface area contributed by atoms with Gasteiger partial charge >= 0.3 is 0 Å². The van der Waals surface area contributed by atoms with Crippen LogP contribution in [0.5, 0.6) is 0 Å². The number of amides is 1. The maximum absolute atomic E-state index is 12.9. The second-order valence-electron chi connectivity index (χ2n) is 6.22. The van der Waals surface area contributed by atoms with Gasteiger partial charge in [0, 0.05) is 18.5 Å². The highest BCUT2D eigenvalue weighted by Crippen LogP contribution is 2.26. The maximum Gasteiger partial charge on any atom is 0.230 e. The van der Waals surface area contributed by atoms with Gasteiger partial charge in [0.1, 0.15) is 11.3 Å². The lowest BCUT2D eigenvalue weighted by atomic mass is 10.2. The summed E-state index contributed by atoms with van der Waals surface area (Å²) >= 11 is 1.24. The van der Waals surface area contributed by atoms with Crippen LogP contribution in [-0.4, -0.2) is 31.4 Å². The molecule has 1 amide bonds. The number of thioether (sulfide) groups is 1. The molecule has 0 aliphatic rings. The third kappa shape index (κ3) is 3.68. The number of carbonyl (C=O) groups is 1. The average Bonchev–Trinajstić information content (AvgIpc) is 3.04. The fourth-order valence-electron chi connectivity index (χ4n) is 3.05. The third-order valence-electron chi connectivity index (χ3n) is 4.41. The van der Waals surface area contributed by atoms with Gasteiger partial charge < -0.3 is 9.88 Å². The topological polar surface area (TPSA) is 72.7 Å². The van der Waals surface area contributed by atoms with E-state index in [4.69, 9.17) is 0 Å². The smallest absolute Gasteiger partial charge is 0.230 e. The Kier molecular flexibility index (Phi) is 5.21. The fraction of sp³-hybridized carbons (Fsp3) is 0.200. The number of nitrogens with one attached hydrogen (secondary N) is 1. The van der Waals surface area contributed by atoms with Gasteiger partial charge in [-0.05, 0) is 30.7 Å². The maximum atomic E-state index is 12.9. The third-order valence-corrected chi connectivity index (χ3v) is 5.24. The summed E-state index contributed by atoms with van der Waals surface area (Å²) in [5.74, 6) is -0.259. The molecule has 4 rings (SSSR count). The number of hydrogen-bond acceptors (Lipinski definition) is 5. The molecule has 2 aromatic heterocycles. The number of halogens is 1. The van der Waals surface area contributed by atoms with E-state index in [1.54, 1.807) is 12.1 Å². The number of benzene rings is 2. The monoisotopic (exact) mass is 395 g/mol. The van der Waals surface area contributed by atoms with Crippen molar-refractivity contribution in [3.63, 3.8) is 0 Å². The van der Waals surface area contributed by atoms with Crippen molar-refractivity contribution in [3.05, 3.63) is 59.9 Å². The zero-order valence-electron chi connectivity index (χ0n) is 15.2. The molecule has 142 valence electrons. The number of aromatic nitrogens is 4. The molecular weight excluding hydrogens is 377 g/mol. The molecule has 0 aliphatic heterocycles. The Labute approximate surface area is 165 Å². The van der Waals surface area contributed by atoms with Gasteiger partial charge in [-0.3, -0.25) is 4.79 Å². The summed E-state index contributed by atoms with van der Waals surface area (Å²) < 4.78 is 15.0. The number of nitrogens with zero attached hydrogens (tertiary/aromatic N) is 4. The Bertz CT molecular complexity index is 1140. The minimum absolute atomic E-state index is 0.144. The van der Waals surface area contributed by atoms with Gasteiger partial charge in [-0.15, -0.1) is 10.2 Å². The van der Waals surface area contributed by atoms with Crippen molar-refractivity contribution < 1.29 is 9.18 Å². The predicted molar refractivity (Wildman–Crippen MR) is 107 cm³/mol. The van der Waals surface area contributed by atoms with Crippen molar-refractivity contribution >= 4 is 39.7 Å². The Morgan fingerprint density at radius 1 is 1.14 bits per heavy atom. The van der Waals surface area contributed by atoms with E-state index in [-0.39, 0.29) is 17.5 Å². The van der Waals surface area contributed by atoms with Crippen molar-refractivity contribution in [3.8, 4) is 0 Å². The van der Waals surface area contributed by atoms with Gasteiger partial charge in [0.25, 0.3) is 0 Å². The Hall–Kier alpha value is -3.00. The highest BCUT2D eigenvalue weighted by Gasteiger charge is 2.14. The summed E-state index contributed by atoms with van der Waals surface area (Å²) in [5.41, 5.74) is 3.45. The zero-order chi connectivity index (χ0) is 19.5. The van der Waals surface area contributed by atoms with E-state index < -0.39 is 0 Å². The first-order chi connectivity index (χ1) is 13.7. The van der Waals surface area contributed by atoms with Crippen LogP contribution in [0.1, 0.15) is 12.5 Å². The van der Waals surface area contributed by atoms with E-state index in [0.717, 1.165) is 34.2 Å². The molecule has 0 unspecified atom stereocenters. The standard InChI is InChI=1S/C20H18FN5OS/c1-2-26-16-6-4-3-5-15(16)18-19(26)23-20(25-24-18)28-12-17(27)22-11-13-7-9-14(21)10-8-13/h3-10H,2,11-12H2,1H3,(H,22,27). The van der Waals surface area contributed by atoms with Gasteiger partial charge in [0.15, 0.2) is 5.65 Å². The largest absolute Gasteiger partial charge is 0.351 e. The van der Waals surface area contributed by atoms with Crippen LogP contribution >= 0.6 is 11.8 Å². The molecule has 0 saturated carbocycles. The van der Waals surface area contributed by atoms with Crippen molar-refractivity contribution in [2.24, 2.45) is 0 Å². The lowest BCUT2D eigenvalue weighted by Crippen LogP contribution is -2.24. The molecule has 28 heavy (non-hydrogen) atoms. The molecule has 4 aromatic rings. The van der Waals surface area contributed by atoms with Crippen molar-refractivity contribution in [2.75, 3.05) is 5.75 Å². The van der Waals surface area contributed by atoms with Gasteiger partial charge in [0.05, 0.1) is 11.3 Å². The molecule has 2 aromatic carbocycles. The lowest BCUT2D eigenvalue weighted by molar-refractivity contribution is -0.118. The molecule has 0 fully saturated rings. The summed E-state index contributed by atoms with van der Waals surface area (Å²) in [6, 6.07) is 14.0. The normalized spacial score (nSPS) is 11.2. The highest BCUT2D eigenvalue weighted by atomic mass is 32.2. The molecule has 0 spiro atoms. The molecule has 0 radical (unpaired) electrons. The number of carbonyl (C=O) groups excluding carboxylic acids is 1. The predicted octanol–water partition coefficient (Wildman–Crippen LogP) is 3.55. The number of aryl methyl sites for hydroxylation is 1. The lowest BCUT2D eigenvalue weighted by Gasteiger charge is -2.05. The zero-order valence-corrected chi connectivity index (χ0v) is 16.0. The first kappa shape index (κ1) is 18.4. The van der Waals surface area contributed by atoms with E-state index >= 15 is 0 Å². The number of hydrogen-bond donors (Lipinski definition) is 1. The van der Waals surface area contributed by atoms with Crippen LogP contribution in [0.3, 0.4) is 0 Å². The Balaban J connectivity index is 1.45. The summed E-state index contributed by atoms with van der Waals surface area (Å²) in [5, 5.41) is 12.8. The highest BCUT2D eigenvalue weighted by molar-refractivity contribution is 7.99. The van der Waals surface area contributed by atoms with Crippen LogP contribution in [-0.2, 0) is 17.9 Å². The molecular formula is C20H18FN5OS. The minimum Gasteiger partial charge on any atom is -0.351 e. The molecule has 1 N–H and O–H groups in total. The SMILES string of the molecule is CCn1c2ccccc2c2nnc(SCC(=O)NCc3ccc(F)cc3)nc21. The summed E-state index contributed by atoms with van der Waals surface area (Å²) in [7, 11) is 0. The van der Waals surface area contributed by atoms with Crippen molar-refractivity contribution in [1.29, 1.82) is 0 Å². The Morgan fingerprint density at radius 2 is 1.93 bits per heavy atom.